The van der Waals surface area contributed by atoms with Gasteiger partial charge in [-0.15, -0.1) is 0 Å². The second-order valence-corrected chi connectivity index (χ2v) is 10.4. The Morgan fingerprint density at radius 3 is 2.32 bits per heavy atom. The van der Waals surface area contributed by atoms with Crippen LogP contribution in [0.1, 0.15) is 37.7 Å². The van der Waals surface area contributed by atoms with Crippen molar-refractivity contribution in [2.75, 3.05) is 0 Å². The normalized spacial score (nSPS) is 24.3. The van der Waals surface area contributed by atoms with E-state index in [2.05, 4.69) is 0 Å². The lowest BCUT2D eigenvalue weighted by molar-refractivity contribution is -0.135. The van der Waals surface area contributed by atoms with E-state index in [0.29, 0.717) is 35.6 Å². The van der Waals surface area contributed by atoms with Gasteiger partial charge in [0.1, 0.15) is 0 Å². The van der Waals surface area contributed by atoms with Crippen LogP contribution in [0, 0.1) is 0 Å². The van der Waals surface area contributed by atoms with Gasteiger partial charge in [-0.25, -0.2) is 8.42 Å². The molecule has 2 aliphatic rings. The maximum Gasteiger partial charge on any atom is 0.223 e. The van der Waals surface area contributed by atoms with E-state index in [1.165, 1.54) is 0 Å². The standard InChI is InChI=1S/C22H24ClNO3S/c23-17-6-4-5-16(13-17)9-12-22(25)24-18-10-11-19(24)15-21(14-18)28(26,27)20-7-2-1-3-8-20/h1-8,13,18-19,21H,9-12,14-15H2. The van der Waals surface area contributed by atoms with Crippen LogP contribution in [-0.2, 0) is 21.1 Å². The molecule has 2 heterocycles. The molecule has 4 nitrogen and oxygen atoms in total. The quantitative estimate of drug-likeness (QED) is 0.730. The van der Waals surface area contributed by atoms with Gasteiger partial charge < -0.3 is 4.90 Å². The van der Waals surface area contributed by atoms with Gasteiger partial charge in [0.05, 0.1) is 10.1 Å². The minimum Gasteiger partial charge on any atom is -0.337 e. The van der Waals surface area contributed by atoms with E-state index in [1.807, 2.05) is 35.2 Å². The van der Waals surface area contributed by atoms with Crippen LogP contribution in [0.25, 0.3) is 0 Å². The third-order valence-electron chi connectivity index (χ3n) is 6.00. The summed E-state index contributed by atoms with van der Waals surface area (Å²) < 4.78 is 26.0. The zero-order valence-electron chi connectivity index (χ0n) is 15.6. The topological polar surface area (TPSA) is 54.5 Å². The minimum absolute atomic E-state index is 0.0362. The van der Waals surface area contributed by atoms with Crippen LogP contribution < -0.4 is 0 Å². The zero-order chi connectivity index (χ0) is 19.7. The van der Waals surface area contributed by atoms with Gasteiger partial charge in [0.15, 0.2) is 9.84 Å². The number of carbonyl (C=O) groups is 1. The predicted molar refractivity (Wildman–Crippen MR) is 110 cm³/mol. The molecule has 148 valence electrons. The summed E-state index contributed by atoms with van der Waals surface area (Å²) in [7, 11) is -3.35. The van der Waals surface area contributed by atoms with Gasteiger partial charge in [0, 0.05) is 23.5 Å². The molecule has 0 spiro atoms. The number of hydrogen-bond donors (Lipinski definition) is 0. The van der Waals surface area contributed by atoms with E-state index < -0.39 is 15.1 Å². The van der Waals surface area contributed by atoms with Crippen LogP contribution in [0.4, 0.5) is 0 Å². The number of benzene rings is 2. The van der Waals surface area contributed by atoms with Crippen LogP contribution in [0.2, 0.25) is 5.02 Å². The van der Waals surface area contributed by atoms with Gasteiger partial charge in [-0.05, 0) is 61.9 Å². The highest BCUT2D eigenvalue weighted by atomic mass is 35.5. The molecule has 28 heavy (non-hydrogen) atoms. The van der Waals surface area contributed by atoms with E-state index in [0.717, 1.165) is 18.4 Å². The number of hydrogen-bond acceptors (Lipinski definition) is 3. The Hall–Kier alpha value is -1.85. The lowest BCUT2D eigenvalue weighted by Crippen LogP contribution is -2.49. The smallest absolute Gasteiger partial charge is 0.223 e. The molecule has 2 saturated heterocycles. The SMILES string of the molecule is O=C(CCc1cccc(Cl)c1)N1C2CCC1CC(S(=O)(=O)c1ccccc1)C2. The summed E-state index contributed by atoms with van der Waals surface area (Å²) in [5.74, 6) is 0.128. The molecular weight excluding hydrogens is 394 g/mol. The van der Waals surface area contributed by atoms with Gasteiger partial charge in [0.2, 0.25) is 5.91 Å². The van der Waals surface area contributed by atoms with Crippen LogP contribution in [-0.4, -0.2) is 36.6 Å². The summed E-state index contributed by atoms with van der Waals surface area (Å²) in [4.78, 5) is 15.2. The first-order valence-corrected chi connectivity index (χ1v) is 11.7. The van der Waals surface area contributed by atoms with Crippen molar-refractivity contribution in [3.8, 4) is 0 Å². The molecule has 2 fully saturated rings. The van der Waals surface area contributed by atoms with E-state index in [4.69, 9.17) is 11.6 Å². The Bertz CT molecular complexity index is 947. The first-order chi connectivity index (χ1) is 13.4. The van der Waals surface area contributed by atoms with Gasteiger partial charge in [-0.2, -0.15) is 0 Å². The van der Waals surface area contributed by atoms with Crippen molar-refractivity contribution < 1.29 is 13.2 Å². The summed E-state index contributed by atoms with van der Waals surface area (Å²) in [6, 6.07) is 16.3. The minimum atomic E-state index is -3.35. The maximum atomic E-state index is 13.0. The van der Waals surface area contributed by atoms with Crippen molar-refractivity contribution in [3.63, 3.8) is 0 Å². The number of fused-ring (bicyclic) bond motifs is 2. The van der Waals surface area contributed by atoms with Gasteiger partial charge in [-0.1, -0.05) is 41.9 Å². The third-order valence-corrected chi connectivity index (χ3v) is 8.43. The molecule has 0 saturated carbocycles. The van der Waals surface area contributed by atoms with Crippen molar-refractivity contribution >= 4 is 27.3 Å². The summed E-state index contributed by atoms with van der Waals surface area (Å²) >= 11 is 6.02. The molecule has 2 aromatic rings. The molecule has 6 heteroatoms. The first kappa shape index (κ1) is 19.5. The molecular formula is C22H24ClNO3S. The van der Waals surface area contributed by atoms with Crippen molar-refractivity contribution in [1.29, 1.82) is 0 Å². The second kappa shape index (κ2) is 7.88. The molecule has 4 rings (SSSR count). The number of amides is 1. The van der Waals surface area contributed by atoms with Crippen molar-refractivity contribution in [2.24, 2.45) is 0 Å². The Labute approximate surface area is 171 Å². The monoisotopic (exact) mass is 417 g/mol. The van der Waals surface area contributed by atoms with Crippen molar-refractivity contribution in [1.82, 2.24) is 4.90 Å². The molecule has 0 radical (unpaired) electrons. The first-order valence-electron chi connectivity index (χ1n) is 9.79. The number of rotatable bonds is 5. The number of carbonyl (C=O) groups excluding carboxylic acids is 1. The highest BCUT2D eigenvalue weighted by molar-refractivity contribution is 7.92. The average molecular weight is 418 g/mol. The summed E-state index contributed by atoms with van der Waals surface area (Å²) in [5, 5.41) is 0.279. The zero-order valence-corrected chi connectivity index (χ0v) is 17.2. The number of nitrogens with zero attached hydrogens (tertiary/aromatic N) is 1. The van der Waals surface area contributed by atoms with Crippen LogP contribution >= 0.6 is 11.6 Å². The fraction of sp³-hybridized carbons (Fsp3) is 0.409. The highest BCUT2D eigenvalue weighted by Crippen LogP contribution is 2.40. The number of halogens is 1. The predicted octanol–water partition coefficient (Wildman–Crippen LogP) is 4.27. The Balaban J connectivity index is 1.43. The number of aryl methyl sites for hydroxylation is 1. The molecule has 0 aliphatic carbocycles. The van der Waals surface area contributed by atoms with Gasteiger partial charge >= 0.3 is 0 Å². The van der Waals surface area contributed by atoms with Gasteiger partial charge in [0.25, 0.3) is 0 Å². The fourth-order valence-electron chi connectivity index (χ4n) is 4.66. The lowest BCUT2D eigenvalue weighted by Gasteiger charge is -2.38. The number of piperidine rings is 1. The van der Waals surface area contributed by atoms with Gasteiger partial charge in [-0.3, -0.25) is 4.79 Å². The lowest BCUT2D eigenvalue weighted by atomic mass is 10.0. The van der Waals surface area contributed by atoms with E-state index in [-0.39, 0.29) is 18.0 Å². The summed E-state index contributed by atoms with van der Waals surface area (Å²) in [6.45, 7) is 0. The molecule has 0 aromatic heterocycles. The van der Waals surface area contributed by atoms with Crippen LogP contribution in [0.3, 0.4) is 0 Å². The Morgan fingerprint density at radius 2 is 1.68 bits per heavy atom. The fourth-order valence-corrected chi connectivity index (χ4v) is 6.75. The molecule has 0 N–H and O–H groups in total. The number of sulfone groups is 1. The van der Waals surface area contributed by atoms with Crippen molar-refractivity contribution in [2.45, 2.75) is 60.8 Å². The molecule has 2 bridgehead atoms. The maximum absolute atomic E-state index is 13.0. The highest BCUT2D eigenvalue weighted by Gasteiger charge is 2.46. The molecule has 2 atom stereocenters. The van der Waals surface area contributed by atoms with E-state index in [9.17, 15) is 13.2 Å². The molecule has 2 aromatic carbocycles. The molecule has 1 amide bonds. The largest absolute Gasteiger partial charge is 0.337 e. The van der Waals surface area contributed by atoms with Crippen molar-refractivity contribution in [3.05, 3.63) is 65.2 Å². The van der Waals surface area contributed by atoms with Crippen LogP contribution in [0.15, 0.2) is 59.5 Å². The Kier molecular flexibility index (Phi) is 5.48. The third kappa shape index (κ3) is 3.83. The van der Waals surface area contributed by atoms with E-state index in [1.54, 1.807) is 24.3 Å². The van der Waals surface area contributed by atoms with E-state index >= 15 is 0 Å². The second-order valence-electron chi connectivity index (χ2n) is 7.77. The molecule has 2 unspecified atom stereocenters. The summed E-state index contributed by atoms with van der Waals surface area (Å²) in [5.41, 5.74) is 1.05. The molecule has 2 aliphatic heterocycles. The average Bonchev–Trinajstić information content (AvgIpc) is 2.96. The Morgan fingerprint density at radius 1 is 1.00 bits per heavy atom. The van der Waals surface area contributed by atoms with Crippen LogP contribution in [0.5, 0.6) is 0 Å². The summed E-state index contributed by atoms with van der Waals surface area (Å²) in [6.07, 6.45) is 3.96.